The van der Waals surface area contributed by atoms with Crippen LogP contribution in [0.25, 0.3) is 0 Å². The van der Waals surface area contributed by atoms with Gasteiger partial charge in [-0.05, 0) is 17.7 Å². The third-order valence-corrected chi connectivity index (χ3v) is 5.95. The summed E-state index contributed by atoms with van der Waals surface area (Å²) < 4.78 is 25.2. The van der Waals surface area contributed by atoms with Gasteiger partial charge in [0.15, 0.2) is 9.84 Å². The second-order valence-corrected chi connectivity index (χ2v) is 7.02. The Bertz CT molecular complexity index is 748. The molecule has 0 bridgehead atoms. The lowest BCUT2D eigenvalue weighted by atomic mass is 10.1. The number of hydrogen-bond acceptors (Lipinski definition) is 3. The molecule has 0 aromatic heterocycles. The molecule has 3 nitrogen and oxygen atoms in total. The van der Waals surface area contributed by atoms with E-state index in [-0.39, 0.29) is 5.92 Å². The molecule has 3 atom stereocenters. The Labute approximate surface area is 118 Å². The molecule has 0 N–H and O–H groups in total. The lowest BCUT2D eigenvalue weighted by Gasteiger charge is -2.03. The van der Waals surface area contributed by atoms with Gasteiger partial charge >= 0.3 is 0 Å². The summed E-state index contributed by atoms with van der Waals surface area (Å²) in [4.78, 5) is 0.295. The molecule has 0 aliphatic heterocycles. The summed E-state index contributed by atoms with van der Waals surface area (Å²) in [6.45, 7) is 0. The van der Waals surface area contributed by atoms with Gasteiger partial charge in [-0.25, -0.2) is 8.42 Å². The van der Waals surface area contributed by atoms with E-state index >= 15 is 0 Å². The van der Waals surface area contributed by atoms with Gasteiger partial charge in [-0.2, -0.15) is 5.26 Å². The fourth-order valence-corrected chi connectivity index (χ4v) is 4.75. The normalized spacial score (nSPS) is 24.9. The van der Waals surface area contributed by atoms with Gasteiger partial charge in [0.25, 0.3) is 0 Å². The first-order valence-corrected chi connectivity index (χ1v) is 7.94. The molecule has 0 saturated heterocycles. The molecule has 1 fully saturated rings. The maximum Gasteiger partial charge on any atom is 0.183 e. The minimum atomic E-state index is -3.45. The first-order valence-electron chi connectivity index (χ1n) is 6.40. The predicted octanol–water partition coefficient (Wildman–Crippen LogP) is 2.77. The van der Waals surface area contributed by atoms with Crippen LogP contribution >= 0.6 is 0 Å². The Morgan fingerprint density at radius 1 is 0.900 bits per heavy atom. The van der Waals surface area contributed by atoms with Crippen LogP contribution in [0.4, 0.5) is 0 Å². The number of nitrogens with zero attached hydrogens (tertiary/aromatic N) is 1. The quantitative estimate of drug-likeness (QED) is 0.870. The lowest BCUT2D eigenvalue weighted by Crippen LogP contribution is -2.10. The Hall–Kier alpha value is -2.12. The molecule has 0 spiro atoms. The van der Waals surface area contributed by atoms with Gasteiger partial charge in [-0.15, -0.1) is 0 Å². The number of sulfone groups is 1. The van der Waals surface area contributed by atoms with Crippen LogP contribution in [0.15, 0.2) is 65.6 Å². The van der Waals surface area contributed by atoms with Crippen LogP contribution in [0, 0.1) is 17.2 Å². The standard InChI is InChI=1S/C16H13NO2S/c17-11-14-15(12-7-3-1-4-8-12)16(14)20(18,19)13-9-5-2-6-10-13/h1-10,14-16H/t14-,15-,16+/m0/s1. The van der Waals surface area contributed by atoms with E-state index in [1.807, 2.05) is 30.3 Å². The fourth-order valence-electron chi connectivity index (χ4n) is 2.66. The monoisotopic (exact) mass is 283 g/mol. The van der Waals surface area contributed by atoms with Crippen LogP contribution in [0.3, 0.4) is 0 Å². The van der Waals surface area contributed by atoms with Gasteiger partial charge in [0.1, 0.15) is 0 Å². The van der Waals surface area contributed by atoms with Crippen LogP contribution in [0.5, 0.6) is 0 Å². The van der Waals surface area contributed by atoms with Crippen molar-refractivity contribution < 1.29 is 8.42 Å². The zero-order valence-corrected chi connectivity index (χ0v) is 11.5. The molecule has 20 heavy (non-hydrogen) atoms. The number of nitriles is 1. The van der Waals surface area contributed by atoms with Crippen molar-refractivity contribution in [2.45, 2.75) is 16.1 Å². The van der Waals surface area contributed by atoms with Crippen molar-refractivity contribution in [3.63, 3.8) is 0 Å². The van der Waals surface area contributed by atoms with Crippen LogP contribution in [-0.4, -0.2) is 13.7 Å². The molecule has 2 aromatic rings. The summed E-state index contributed by atoms with van der Waals surface area (Å²) >= 11 is 0. The molecule has 1 aliphatic rings. The number of benzene rings is 2. The maximum absolute atomic E-state index is 12.6. The minimum Gasteiger partial charge on any atom is -0.223 e. The Morgan fingerprint density at radius 2 is 1.45 bits per heavy atom. The highest BCUT2D eigenvalue weighted by molar-refractivity contribution is 7.92. The van der Waals surface area contributed by atoms with Crippen molar-refractivity contribution in [1.82, 2.24) is 0 Å². The van der Waals surface area contributed by atoms with Crippen LogP contribution in [-0.2, 0) is 9.84 Å². The topological polar surface area (TPSA) is 57.9 Å². The average molecular weight is 283 g/mol. The van der Waals surface area contributed by atoms with E-state index in [1.54, 1.807) is 30.3 Å². The van der Waals surface area contributed by atoms with Crippen molar-refractivity contribution in [2.24, 2.45) is 5.92 Å². The molecule has 3 rings (SSSR count). The predicted molar refractivity (Wildman–Crippen MR) is 75.7 cm³/mol. The Kier molecular flexibility index (Phi) is 3.07. The van der Waals surface area contributed by atoms with Crippen LogP contribution < -0.4 is 0 Å². The second-order valence-electron chi connectivity index (χ2n) is 4.91. The summed E-state index contributed by atoms with van der Waals surface area (Å²) in [6, 6.07) is 19.9. The minimum absolute atomic E-state index is 0.216. The van der Waals surface area contributed by atoms with Crippen molar-refractivity contribution in [2.75, 3.05) is 0 Å². The Morgan fingerprint density at radius 3 is 2.00 bits per heavy atom. The highest BCUT2D eigenvalue weighted by Gasteiger charge is 2.59. The molecule has 1 saturated carbocycles. The van der Waals surface area contributed by atoms with E-state index in [4.69, 9.17) is 0 Å². The second kappa shape index (κ2) is 4.77. The molecule has 2 aromatic carbocycles. The van der Waals surface area contributed by atoms with Crippen molar-refractivity contribution in [3.8, 4) is 6.07 Å². The molecule has 0 unspecified atom stereocenters. The molecule has 1 aliphatic carbocycles. The summed E-state index contributed by atoms with van der Waals surface area (Å²) in [5.74, 6) is -0.672. The van der Waals surface area contributed by atoms with Gasteiger partial charge in [-0.1, -0.05) is 48.5 Å². The zero-order valence-electron chi connectivity index (χ0n) is 10.7. The van der Waals surface area contributed by atoms with Gasteiger partial charge in [0, 0.05) is 5.92 Å². The highest BCUT2D eigenvalue weighted by atomic mass is 32.2. The zero-order chi connectivity index (χ0) is 14.2. The van der Waals surface area contributed by atoms with E-state index in [1.165, 1.54) is 0 Å². The van der Waals surface area contributed by atoms with E-state index in [0.717, 1.165) is 5.56 Å². The summed E-state index contributed by atoms with van der Waals surface area (Å²) in [7, 11) is -3.45. The maximum atomic E-state index is 12.6. The SMILES string of the molecule is N#C[C@H]1[C@H](c2ccccc2)[C@@H]1S(=O)(=O)c1ccccc1. The van der Waals surface area contributed by atoms with E-state index in [0.29, 0.717) is 4.90 Å². The third kappa shape index (κ3) is 2.00. The molecule has 0 amide bonds. The first kappa shape index (κ1) is 12.9. The van der Waals surface area contributed by atoms with Crippen molar-refractivity contribution >= 4 is 9.84 Å². The van der Waals surface area contributed by atoms with Crippen LogP contribution in [0.2, 0.25) is 0 Å². The van der Waals surface area contributed by atoms with Gasteiger partial charge in [0.2, 0.25) is 0 Å². The van der Waals surface area contributed by atoms with Gasteiger partial charge < -0.3 is 0 Å². The number of rotatable bonds is 3. The smallest absolute Gasteiger partial charge is 0.183 e. The molecule has 100 valence electrons. The first-order chi connectivity index (χ1) is 9.66. The van der Waals surface area contributed by atoms with Gasteiger partial charge in [-0.3, -0.25) is 0 Å². The number of hydrogen-bond donors (Lipinski definition) is 0. The summed E-state index contributed by atoms with van der Waals surface area (Å²) in [5.41, 5.74) is 0.920. The lowest BCUT2D eigenvalue weighted by molar-refractivity contribution is 0.593. The summed E-state index contributed by atoms with van der Waals surface area (Å²) in [6.07, 6.45) is 0. The van der Waals surface area contributed by atoms with E-state index < -0.39 is 21.0 Å². The largest absolute Gasteiger partial charge is 0.223 e. The molecular formula is C16H13NO2S. The van der Waals surface area contributed by atoms with E-state index in [9.17, 15) is 13.7 Å². The Balaban J connectivity index is 1.98. The van der Waals surface area contributed by atoms with Gasteiger partial charge in [0.05, 0.1) is 22.1 Å². The van der Waals surface area contributed by atoms with Crippen LogP contribution in [0.1, 0.15) is 11.5 Å². The third-order valence-electron chi connectivity index (χ3n) is 3.72. The van der Waals surface area contributed by atoms with Crippen molar-refractivity contribution in [3.05, 3.63) is 66.2 Å². The van der Waals surface area contributed by atoms with Crippen molar-refractivity contribution in [1.29, 1.82) is 5.26 Å². The molecule has 4 heteroatoms. The fraction of sp³-hybridized carbons (Fsp3) is 0.188. The molecule has 0 heterocycles. The molecule has 0 radical (unpaired) electrons. The van der Waals surface area contributed by atoms with E-state index in [2.05, 4.69) is 6.07 Å². The summed E-state index contributed by atoms with van der Waals surface area (Å²) in [5, 5.41) is 8.58. The molecular weight excluding hydrogens is 270 g/mol. The highest BCUT2D eigenvalue weighted by Crippen LogP contribution is 2.53. The average Bonchev–Trinajstić information content (AvgIpc) is 3.24.